The van der Waals surface area contributed by atoms with Gasteiger partial charge in [-0.2, -0.15) is 0 Å². The van der Waals surface area contributed by atoms with E-state index in [-0.39, 0.29) is 24.0 Å². The summed E-state index contributed by atoms with van der Waals surface area (Å²) < 4.78 is 22.5. The van der Waals surface area contributed by atoms with Crippen LogP contribution in [0.5, 0.6) is 0 Å². The van der Waals surface area contributed by atoms with Gasteiger partial charge >= 0.3 is 0 Å². The molecule has 0 saturated heterocycles. The molecule has 3 heterocycles. The summed E-state index contributed by atoms with van der Waals surface area (Å²) in [6.07, 6.45) is 5.49. The topological polar surface area (TPSA) is 109 Å². The first-order chi connectivity index (χ1) is 12.8. The third kappa shape index (κ3) is 5.33. The highest BCUT2D eigenvalue weighted by Gasteiger charge is 2.23. The van der Waals surface area contributed by atoms with Crippen LogP contribution in [0.15, 0.2) is 24.5 Å². The Bertz CT molecular complexity index is 916. The smallest absolute Gasteiger partial charge is 0.284 e. The molecule has 1 aliphatic rings. The molecule has 0 fully saturated rings. The second-order valence-corrected chi connectivity index (χ2v) is 9.68. The van der Waals surface area contributed by atoms with Crippen molar-refractivity contribution in [3.8, 4) is 0 Å². The van der Waals surface area contributed by atoms with E-state index in [9.17, 15) is 18.0 Å². The summed E-state index contributed by atoms with van der Waals surface area (Å²) in [5.74, 6) is -0.562. The molecule has 1 aliphatic heterocycles. The van der Waals surface area contributed by atoms with Gasteiger partial charge in [-0.15, -0.1) is 11.3 Å². The first-order valence-corrected chi connectivity index (χ1v) is 11.3. The Kier molecular flexibility index (Phi) is 5.85. The number of pyridine rings is 1. The van der Waals surface area contributed by atoms with Crippen molar-refractivity contribution < 1.29 is 18.0 Å². The standard InChI is InChI=1S/C17H20N4O4S2/c1-27(24,25)11-6-15(22)21-9-4-13-14(5-10-21)26-17(20-13)16(23)19-12-2-7-18-8-3-12/h2-3,7-8H,4-6,9-11H2,1H3,(H,18,19,23). The van der Waals surface area contributed by atoms with Crippen molar-refractivity contribution >= 4 is 38.7 Å². The lowest BCUT2D eigenvalue weighted by Crippen LogP contribution is -2.34. The third-order valence-electron chi connectivity index (χ3n) is 4.18. The second-order valence-electron chi connectivity index (χ2n) is 6.34. The number of anilines is 1. The number of hydrogen-bond donors (Lipinski definition) is 1. The molecule has 0 bridgehead atoms. The fraction of sp³-hybridized carbons (Fsp3) is 0.412. The Balaban J connectivity index is 1.61. The molecular weight excluding hydrogens is 388 g/mol. The number of amides is 2. The zero-order valence-corrected chi connectivity index (χ0v) is 16.5. The molecule has 8 nitrogen and oxygen atoms in total. The van der Waals surface area contributed by atoms with Crippen molar-refractivity contribution in [1.29, 1.82) is 0 Å². The van der Waals surface area contributed by atoms with Crippen molar-refractivity contribution in [2.45, 2.75) is 19.3 Å². The van der Waals surface area contributed by atoms with E-state index in [2.05, 4.69) is 15.3 Å². The van der Waals surface area contributed by atoms with E-state index in [1.54, 1.807) is 29.4 Å². The molecule has 2 aromatic heterocycles. The Morgan fingerprint density at radius 2 is 1.93 bits per heavy atom. The summed E-state index contributed by atoms with van der Waals surface area (Å²) >= 11 is 1.33. The van der Waals surface area contributed by atoms with Gasteiger partial charge in [-0.1, -0.05) is 0 Å². The zero-order valence-electron chi connectivity index (χ0n) is 14.8. The summed E-state index contributed by atoms with van der Waals surface area (Å²) in [6.45, 7) is 0.980. The number of hydrogen-bond acceptors (Lipinski definition) is 7. The molecule has 144 valence electrons. The molecule has 2 aromatic rings. The van der Waals surface area contributed by atoms with Crippen LogP contribution in [0.4, 0.5) is 5.69 Å². The molecule has 0 atom stereocenters. The summed E-state index contributed by atoms with van der Waals surface area (Å²) in [7, 11) is -3.16. The maximum Gasteiger partial charge on any atom is 0.284 e. The first kappa shape index (κ1) is 19.4. The molecular formula is C17H20N4O4S2. The maximum absolute atomic E-state index is 12.4. The number of carbonyl (C=O) groups is 2. The maximum atomic E-state index is 12.4. The number of sulfone groups is 1. The molecule has 0 spiro atoms. The van der Waals surface area contributed by atoms with Gasteiger partial charge in [0.15, 0.2) is 5.01 Å². The Morgan fingerprint density at radius 3 is 2.63 bits per heavy atom. The summed E-state index contributed by atoms with van der Waals surface area (Å²) in [6, 6.07) is 3.41. The SMILES string of the molecule is CS(=O)(=O)CCC(=O)N1CCc2nc(C(=O)Nc3ccncc3)sc2CC1. The lowest BCUT2D eigenvalue weighted by atomic mass is 10.2. The molecule has 0 saturated carbocycles. The number of fused-ring (bicyclic) bond motifs is 1. The van der Waals surface area contributed by atoms with Gasteiger partial charge in [-0.05, 0) is 12.1 Å². The van der Waals surface area contributed by atoms with Crippen molar-refractivity contribution in [2.24, 2.45) is 0 Å². The van der Waals surface area contributed by atoms with Gasteiger partial charge in [0.1, 0.15) is 9.84 Å². The van der Waals surface area contributed by atoms with Crippen molar-refractivity contribution in [3.63, 3.8) is 0 Å². The van der Waals surface area contributed by atoms with E-state index in [1.165, 1.54) is 11.3 Å². The van der Waals surface area contributed by atoms with Gasteiger partial charge in [0, 0.05) is 61.6 Å². The molecule has 1 N–H and O–H groups in total. The molecule has 0 radical (unpaired) electrons. The van der Waals surface area contributed by atoms with Crippen molar-refractivity contribution in [2.75, 3.05) is 30.4 Å². The highest BCUT2D eigenvalue weighted by atomic mass is 32.2. The Morgan fingerprint density at radius 1 is 1.22 bits per heavy atom. The Hall–Kier alpha value is -2.33. The number of aromatic nitrogens is 2. The lowest BCUT2D eigenvalue weighted by Gasteiger charge is -2.19. The minimum Gasteiger partial charge on any atom is -0.342 e. The van der Waals surface area contributed by atoms with Crippen LogP contribution in [0, 0.1) is 0 Å². The number of nitrogens with one attached hydrogen (secondary N) is 1. The van der Waals surface area contributed by atoms with E-state index in [1.807, 2.05) is 0 Å². The minimum atomic E-state index is -3.16. The molecule has 0 unspecified atom stereocenters. The monoisotopic (exact) mass is 408 g/mol. The average molecular weight is 409 g/mol. The van der Waals surface area contributed by atoms with Crippen LogP contribution in [-0.2, 0) is 27.5 Å². The van der Waals surface area contributed by atoms with Crippen LogP contribution in [0.2, 0.25) is 0 Å². The first-order valence-electron chi connectivity index (χ1n) is 8.47. The second kappa shape index (κ2) is 8.13. The number of thiazole rings is 1. The van der Waals surface area contributed by atoms with Crippen LogP contribution >= 0.6 is 11.3 Å². The van der Waals surface area contributed by atoms with Crippen molar-refractivity contribution in [1.82, 2.24) is 14.9 Å². The van der Waals surface area contributed by atoms with Gasteiger partial charge in [0.2, 0.25) is 5.91 Å². The number of nitrogens with zero attached hydrogens (tertiary/aromatic N) is 3. The predicted molar refractivity (Wildman–Crippen MR) is 103 cm³/mol. The average Bonchev–Trinajstić information content (AvgIpc) is 2.93. The minimum absolute atomic E-state index is 0.000497. The molecule has 3 rings (SSSR count). The molecule has 2 amide bonds. The van der Waals surface area contributed by atoms with E-state index in [0.29, 0.717) is 36.6 Å². The quantitative estimate of drug-likeness (QED) is 0.795. The van der Waals surface area contributed by atoms with Gasteiger partial charge in [-0.25, -0.2) is 13.4 Å². The fourth-order valence-electron chi connectivity index (χ4n) is 2.76. The van der Waals surface area contributed by atoms with Gasteiger partial charge in [0.25, 0.3) is 5.91 Å². The number of rotatable bonds is 5. The molecule has 0 aromatic carbocycles. The molecule has 27 heavy (non-hydrogen) atoms. The van der Waals surface area contributed by atoms with Crippen LogP contribution in [-0.4, -0.2) is 60.2 Å². The predicted octanol–water partition coefficient (Wildman–Crippen LogP) is 1.15. The fourth-order valence-corrected chi connectivity index (χ4v) is 4.30. The van der Waals surface area contributed by atoms with Gasteiger partial charge in [0.05, 0.1) is 11.4 Å². The number of carbonyl (C=O) groups excluding carboxylic acids is 2. The van der Waals surface area contributed by atoms with Gasteiger partial charge in [-0.3, -0.25) is 14.6 Å². The molecule has 0 aliphatic carbocycles. The lowest BCUT2D eigenvalue weighted by molar-refractivity contribution is -0.130. The van der Waals surface area contributed by atoms with E-state index in [4.69, 9.17) is 0 Å². The van der Waals surface area contributed by atoms with E-state index >= 15 is 0 Å². The molecule has 10 heteroatoms. The summed E-state index contributed by atoms with van der Waals surface area (Å²) in [5.41, 5.74) is 1.49. The van der Waals surface area contributed by atoms with Crippen molar-refractivity contribution in [3.05, 3.63) is 40.1 Å². The third-order valence-corrected chi connectivity index (χ3v) is 6.28. The van der Waals surface area contributed by atoms with E-state index < -0.39 is 9.84 Å². The van der Waals surface area contributed by atoms with Crippen LogP contribution in [0.1, 0.15) is 26.8 Å². The van der Waals surface area contributed by atoms with Gasteiger partial charge < -0.3 is 10.2 Å². The van der Waals surface area contributed by atoms with Crippen LogP contribution < -0.4 is 5.32 Å². The summed E-state index contributed by atoms with van der Waals surface area (Å²) in [5, 5.41) is 3.19. The highest BCUT2D eigenvalue weighted by molar-refractivity contribution is 7.90. The normalized spacial score (nSPS) is 14.3. The largest absolute Gasteiger partial charge is 0.342 e. The van der Waals surface area contributed by atoms with E-state index in [0.717, 1.165) is 16.8 Å². The van der Waals surface area contributed by atoms with Crippen LogP contribution in [0.25, 0.3) is 0 Å². The zero-order chi connectivity index (χ0) is 19.4. The van der Waals surface area contributed by atoms with Crippen LogP contribution in [0.3, 0.4) is 0 Å². The summed E-state index contributed by atoms with van der Waals surface area (Å²) in [4.78, 5) is 35.6. The Labute approximate surface area is 161 Å². The highest BCUT2D eigenvalue weighted by Crippen LogP contribution is 2.24.